The van der Waals surface area contributed by atoms with Crippen LogP contribution in [-0.2, 0) is 12.8 Å². The Balaban J connectivity index is 1.92. The molecule has 1 nitrogen and oxygen atoms in total. The fraction of sp³-hybridized carbons (Fsp3) is 0.188. The number of hydrogen-bond acceptors (Lipinski definition) is 2. The van der Waals surface area contributed by atoms with Crippen LogP contribution in [0.3, 0.4) is 0 Å². The van der Waals surface area contributed by atoms with Crippen molar-refractivity contribution in [2.24, 2.45) is 0 Å². The maximum Gasteiger partial charge on any atom is 0.100 e. The Morgan fingerprint density at radius 3 is 2.74 bits per heavy atom. The number of aryl methyl sites for hydroxylation is 2. The van der Waals surface area contributed by atoms with Crippen LogP contribution in [0.1, 0.15) is 23.1 Å². The van der Waals surface area contributed by atoms with Gasteiger partial charge in [-0.2, -0.15) is 5.26 Å². The van der Waals surface area contributed by atoms with E-state index in [-0.39, 0.29) is 0 Å². The van der Waals surface area contributed by atoms with Crippen LogP contribution in [-0.4, -0.2) is 0 Å². The van der Waals surface area contributed by atoms with Gasteiger partial charge >= 0.3 is 0 Å². The highest BCUT2D eigenvalue weighted by Gasteiger charge is 2.12. The van der Waals surface area contributed by atoms with Crippen LogP contribution in [0.5, 0.6) is 0 Å². The van der Waals surface area contributed by atoms with Crippen molar-refractivity contribution in [1.29, 1.82) is 5.26 Å². The summed E-state index contributed by atoms with van der Waals surface area (Å²) in [5.74, 6) is 0. The molecule has 2 aromatic rings. The van der Waals surface area contributed by atoms with Gasteiger partial charge in [-0.25, -0.2) is 0 Å². The SMILES string of the molecule is N#Cc1cc(Cl)ccc1Sc1ccc2c(c1)CCC2. The Morgan fingerprint density at radius 1 is 1.05 bits per heavy atom. The molecule has 0 saturated carbocycles. The van der Waals surface area contributed by atoms with Crippen LogP contribution in [0.2, 0.25) is 5.02 Å². The largest absolute Gasteiger partial charge is 0.192 e. The molecule has 0 atom stereocenters. The third-order valence-electron chi connectivity index (χ3n) is 3.36. The smallest absolute Gasteiger partial charge is 0.100 e. The van der Waals surface area contributed by atoms with Crippen LogP contribution in [0, 0.1) is 11.3 Å². The van der Waals surface area contributed by atoms with E-state index in [4.69, 9.17) is 16.9 Å². The molecular weight excluding hydrogens is 274 g/mol. The highest BCUT2D eigenvalue weighted by atomic mass is 35.5. The highest BCUT2D eigenvalue weighted by molar-refractivity contribution is 7.99. The van der Waals surface area contributed by atoms with Gasteiger partial charge in [0.1, 0.15) is 6.07 Å². The van der Waals surface area contributed by atoms with E-state index in [2.05, 4.69) is 24.3 Å². The summed E-state index contributed by atoms with van der Waals surface area (Å²) in [5.41, 5.74) is 3.57. The molecule has 3 heteroatoms. The number of halogens is 1. The van der Waals surface area contributed by atoms with E-state index >= 15 is 0 Å². The van der Waals surface area contributed by atoms with Crippen LogP contribution < -0.4 is 0 Å². The summed E-state index contributed by atoms with van der Waals surface area (Å²) in [6.07, 6.45) is 3.63. The number of hydrogen-bond donors (Lipinski definition) is 0. The molecular formula is C16H12ClNS. The summed E-state index contributed by atoms with van der Waals surface area (Å²) < 4.78 is 0. The molecule has 2 aromatic carbocycles. The molecule has 0 aliphatic heterocycles. The van der Waals surface area contributed by atoms with Gasteiger partial charge in [-0.3, -0.25) is 0 Å². The van der Waals surface area contributed by atoms with Crippen LogP contribution in [0.4, 0.5) is 0 Å². The number of fused-ring (bicyclic) bond motifs is 1. The van der Waals surface area contributed by atoms with Gasteiger partial charge in [-0.1, -0.05) is 29.4 Å². The molecule has 0 bridgehead atoms. The Morgan fingerprint density at radius 2 is 1.89 bits per heavy atom. The predicted molar refractivity (Wildman–Crippen MR) is 78.8 cm³/mol. The summed E-state index contributed by atoms with van der Waals surface area (Å²) in [4.78, 5) is 2.16. The first-order valence-corrected chi connectivity index (χ1v) is 7.45. The predicted octanol–water partition coefficient (Wildman–Crippen LogP) is 4.85. The fourth-order valence-corrected chi connectivity index (χ4v) is 3.53. The minimum absolute atomic E-state index is 0.606. The zero-order valence-corrected chi connectivity index (χ0v) is 11.9. The maximum absolute atomic E-state index is 9.15. The second-order valence-corrected chi connectivity index (χ2v) is 6.19. The average molecular weight is 286 g/mol. The van der Waals surface area contributed by atoms with E-state index < -0.39 is 0 Å². The van der Waals surface area contributed by atoms with Crippen molar-refractivity contribution in [1.82, 2.24) is 0 Å². The molecule has 19 heavy (non-hydrogen) atoms. The number of nitrogens with zero attached hydrogens (tertiary/aromatic N) is 1. The third kappa shape index (κ3) is 2.63. The zero-order chi connectivity index (χ0) is 13.2. The molecule has 0 spiro atoms. The van der Waals surface area contributed by atoms with Crippen molar-refractivity contribution in [3.63, 3.8) is 0 Å². The molecule has 1 aliphatic carbocycles. The lowest BCUT2D eigenvalue weighted by atomic mass is 10.1. The second-order valence-electron chi connectivity index (χ2n) is 4.64. The first kappa shape index (κ1) is 12.6. The molecule has 0 saturated heterocycles. The van der Waals surface area contributed by atoms with E-state index in [1.165, 1.54) is 35.3 Å². The monoisotopic (exact) mass is 285 g/mol. The molecule has 0 fully saturated rings. The molecule has 0 aromatic heterocycles. The lowest BCUT2D eigenvalue weighted by Crippen LogP contribution is -1.85. The second kappa shape index (κ2) is 5.28. The van der Waals surface area contributed by atoms with Crippen molar-refractivity contribution in [3.05, 3.63) is 58.1 Å². The van der Waals surface area contributed by atoms with E-state index in [0.717, 1.165) is 4.90 Å². The lowest BCUT2D eigenvalue weighted by Gasteiger charge is -2.06. The summed E-state index contributed by atoms with van der Waals surface area (Å²) in [7, 11) is 0. The summed E-state index contributed by atoms with van der Waals surface area (Å²) >= 11 is 7.55. The molecule has 0 heterocycles. The minimum Gasteiger partial charge on any atom is -0.192 e. The van der Waals surface area contributed by atoms with Crippen molar-refractivity contribution in [2.75, 3.05) is 0 Å². The van der Waals surface area contributed by atoms with Crippen LogP contribution >= 0.6 is 23.4 Å². The van der Waals surface area contributed by atoms with E-state index in [1.807, 2.05) is 12.1 Å². The number of rotatable bonds is 2. The highest BCUT2D eigenvalue weighted by Crippen LogP contribution is 2.34. The lowest BCUT2D eigenvalue weighted by molar-refractivity contribution is 0.911. The van der Waals surface area contributed by atoms with Crippen molar-refractivity contribution < 1.29 is 0 Å². The zero-order valence-electron chi connectivity index (χ0n) is 10.3. The molecule has 0 radical (unpaired) electrons. The molecule has 0 N–H and O–H groups in total. The summed E-state index contributed by atoms with van der Waals surface area (Å²) in [6, 6.07) is 14.3. The summed E-state index contributed by atoms with van der Waals surface area (Å²) in [5, 5.41) is 9.76. The topological polar surface area (TPSA) is 23.8 Å². The first-order chi connectivity index (χ1) is 9.26. The summed E-state index contributed by atoms with van der Waals surface area (Å²) in [6.45, 7) is 0. The Kier molecular flexibility index (Phi) is 3.50. The number of benzene rings is 2. The van der Waals surface area contributed by atoms with Gasteiger partial charge < -0.3 is 0 Å². The van der Waals surface area contributed by atoms with Gasteiger partial charge in [0.15, 0.2) is 0 Å². The van der Waals surface area contributed by atoms with Crippen molar-refractivity contribution in [3.8, 4) is 6.07 Å². The molecule has 94 valence electrons. The van der Waals surface area contributed by atoms with E-state index in [0.29, 0.717) is 10.6 Å². The van der Waals surface area contributed by atoms with Crippen LogP contribution in [0.25, 0.3) is 0 Å². The van der Waals surface area contributed by atoms with Crippen molar-refractivity contribution >= 4 is 23.4 Å². The van der Waals surface area contributed by atoms with Gasteiger partial charge in [0, 0.05) is 14.8 Å². The average Bonchev–Trinajstić information content (AvgIpc) is 2.88. The normalized spacial score (nSPS) is 13.1. The fourth-order valence-electron chi connectivity index (χ4n) is 2.42. The molecule has 0 unspecified atom stereocenters. The quantitative estimate of drug-likeness (QED) is 0.787. The van der Waals surface area contributed by atoms with Gasteiger partial charge in [0.2, 0.25) is 0 Å². The molecule has 0 amide bonds. The van der Waals surface area contributed by atoms with Gasteiger partial charge in [-0.05, 0) is 60.7 Å². The molecule has 1 aliphatic rings. The standard InChI is InChI=1S/C16H12ClNS/c17-14-5-7-16(13(8-14)10-18)19-15-6-4-11-2-1-3-12(11)9-15/h4-9H,1-3H2. The van der Waals surface area contributed by atoms with Crippen LogP contribution in [0.15, 0.2) is 46.2 Å². The molecule has 3 rings (SSSR count). The minimum atomic E-state index is 0.606. The maximum atomic E-state index is 9.15. The van der Waals surface area contributed by atoms with E-state index in [9.17, 15) is 0 Å². The Labute approximate surface area is 122 Å². The number of nitriles is 1. The van der Waals surface area contributed by atoms with Gasteiger partial charge in [0.05, 0.1) is 5.56 Å². The Hall–Kier alpha value is -1.43. The van der Waals surface area contributed by atoms with Gasteiger partial charge in [0.25, 0.3) is 0 Å². The van der Waals surface area contributed by atoms with E-state index in [1.54, 1.807) is 17.8 Å². The third-order valence-corrected chi connectivity index (χ3v) is 4.66. The Bertz CT molecular complexity index is 673. The van der Waals surface area contributed by atoms with Crippen molar-refractivity contribution in [2.45, 2.75) is 29.1 Å². The first-order valence-electron chi connectivity index (χ1n) is 6.25. The van der Waals surface area contributed by atoms with Gasteiger partial charge in [-0.15, -0.1) is 0 Å².